The molecule has 1 N–H and O–H groups in total. The first-order valence-corrected chi connectivity index (χ1v) is 9.81. The van der Waals surface area contributed by atoms with E-state index in [0.29, 0.717) is 27.3 Å². The normalized spacial score (nSPS) is 10.8. The van der Waals surface area contributed by atoms with E-state index in [1.807, 2.05) is 0 Å². The Morgan fingerprint density at radius 1 is 1.16 bits per heavy atom. The molecule has 0 aliphatic heterocycles. The molecule has 0 saturated heterocycles. The van der Waals surface area contributed by atoms with Crippen molar-refractivity contribution in [3.8, 4) is 5.69 Å². The highest BCUT2D eigenvalue weighted by Crippen LogP contribution is 2.23. The van der Waals surface area contributed by atoms with E-state index in [1.165, 1.54) is 17.3 Å². The minimum absolute atomic E-state index is 0.0259. The molecule has 2 aromatic heterocycles. The van der Waals surface area contributed by atoms with Gasteiger partial charge in [-0.25, -0.2) is 14.3 Å². The summed E-state index contributed by atoms with van der Waals surface area (Å²) in [6, 6.07) is 11.6. The summed E-state index contributed by atoms with van der Waals surface area (Å²) in [6.07, 6.45) is 2.67. The molecule has 162 valence electrons. The number of hydrogen-bond donors (Lipinski definition) is 1. The van der Waals surface area contributed by atoms with E-state index in [0.717, 1.165) is 4.68 Å². The van der Waals surface area contributed by atoms with Gasteiger partial charge < -0.3 is 10.1 Å². The number of amides is 1. The highest BCUT2D eigenvalue weighted by molar-refractivity contribution is 6.31. The van der Waals surface area contributed by atoms with Gasteiger partial charge in [0.15, 0.2) is 6.61 Å². The fourth-order valence-electron chi connectivity index (χ4n) is 2.91. The number of aromatic nitrogens is 6. The molecule has 4 aromatic rings. The van der Waals surface area contributed by atoms with Gasteiger partial charge in [0, 0.05) is 5.02 Å². The van der Waals surface area contributed by atoms with Crippen LogP contribution in [-0.2, 0) is 20.9 Å². The van der Waals surface area contributed by atoms with Crippen LogP contribution in [0, 0.1) is 0 Å². The van der Waals surface area contributed by atoms with Crippen molar-refractivity contribution >= 4 is 40.1 Å². The van der Waals surface area contributed by atoms with Crippen molar-refractivity contribution in [3.05, 3.63) is 70.5 Å². The molecule has 0 aliphatic carbocycles. The quantitative estimate of drug-likeness (QED) is 0.417. The fraction of sp³-hybridized carbons (Fsp3) is 0.150. The minimum Gasteiger partial charge on any atom is -0.456 e. The van der Waals surface area contributed by atoms with Crippen molar-refractivity contribution in [2.45, 2.75) is 13.0 Å². The van der Waals surface area contributed by atoms with Crippen LogP contribution in [-0.4, -0.2) is 48.2 Å². The van der Waals surface area contributed by atoms with Gasteiger partial charge in [0.2, 0.25) is 0 Å². The molecular formula is C20H16ClN7O4. The summed E-state index contributed by atoms with van der Waals surface area (Å²) >= 11 is 6.02. The number of aryl methyl sites for hydroxylation is 1. The van der Waals surface area contributed by atoms with E-state index in [4.69, 9.17) is 16.3 Å². The minimum atomic E-state index is -0.662. The molecule has 32 heavy (non-hydrogen) atoms. The number of halogens is 1. The van der Waals surface area contributed by atoms with Gasteiger partial charge in [-0.15, -0.1) is 5.10 Å². The molecule has 11 nitrogen and oxygen atoms in total. The maximum absolute atomic E-state index is 12.4. The number of nitrogens with one attached hydrogen (secondary N) is 1. The third kappa shape index (κ3) is 4.78. The summed E-state index contributed by atoms with van der Waals surface area (Å²) in [5.41, 5.74) is 1.03. The molecule has 1 amide bonds. The Bertz CT molecular complexity index is 1340. The first kappa shape index (κ1) is 21.1. The molecular weight excluding hydrogens is 438 g/mol. The summed E-state index contributed by atoms with van der Waals surface area (Å²) < 4.78 is 7.55. The van der Waals surface area contributed by atoms with Crippen LogP contribution in [0.5, 0.6) is 0 Å². The number of benzene rings is 2. The maximum atomic E-state index is 12.4. The smallest absolute Gasteiger partial charge is 0.308 e. The lowest BCUT2D eigenvalue weighted by Gasteiger charge is -2.11. The number of fused-ring (bicyclic) bond motifs is 1. The molecule has 0 atom stereocenters. The molecule has 0 bridgehead atoms. The summed E-state index contributed by atoms with van der Waals surface area (Å²) in [5.74, 6) is -1.23. The molecule has 0 fully saturated rings. The second-order valence-corrected chi connectivity index (χ2v) is 7.03. The van der Waals surface area contributed by atoms with E-state index >= 15 is 0 Å². The number of anilines is 1. The molecule has 0 unspecified atom stereocenters. The van der Waals surface area contributed by atoms with E-state index < -0.39 is 18.5 Å². The Hall–Kier alpha value is -4.12. The lowest BCUT2D eigenvalue weighted by Crippen LogP contribution is -2.27. The number of nitrogens with zero attached hydrogens (tertiary/aromatic N) is 6. The third-order valence-corrected chi connectivity index (χ3v) is 4.65. The van der Waals surface area contributed by atoms with Gasteiger partial charge in [0.1, 0.15) is 18.2 Å². The van der Waals surface area contributed by atoms with Gasteiger partial charge in [0.25, 0.3) is 11.5 Å². The standard InChI is InChI=1S/C20H16ClN7O4/c21-13-5-6-17(28-12-22-11-23-28)16(9-13)24-18(29)10-32-19(30)7-8-27-20(31)14-3-1-2-4-15(14)25-26-27/h1-6,9,11-12H,7-8,10H2,(H,24,29). The van der Waals surface area contributed by atoms with Crippen LogP contribution >= 0.6 is 11.6 Å². The van der Waals surface area contributed by atoms with Crippen molar-refractivity contribution in [2.75, 3.05) is 11.9 Å². The van der Waals surface area contributed by atoms with Crippen molar-refractivity contribution < 1.29 is 14.3 Å². The van der Waals surface area contributed by atoms with E-state index in [9.17, 15) is 14.4 Å². The summed E-state index contributed by atoms with van der Waals surface area (Å²) in [5, 5.41) is 15.2. The molecule has 4 rings (SSSR count). The average Bonchev–Trinajstić information content (AvgIpc) is 3.32. The largest absolute Gasteiger partial charge is 0.456 e. The molecule has 0 radical (unpaired) electrons. The zero-order chi connectivity index (χ0) is 22.5. The number of esters is 1. The van der Waals surface area contributed by atoms with Crippen molar-refractivity contribution in [1.29, 1.82) is 0 Å². The topological polar surface area (TPSA) is 134 Å². The monoisotopic (exact) mass is 453 g/mol. The Kier molecular flexibility index (Phi) is 6.17. The highest BCUT2D eigenvalue weighted by Gasteiger charge is 2.13. The van der Waals surface area contributed by atoms with Crippen LogP contribution in [0.1, 0.15) is 6.42 Å². The van der Waals surface area contributed by atoms with Gasteiger partial charge >= 0.3 is 5.97 Å². The lowest BCUT2D eigenvalue weighted by atomic mass is 10.2. The lowest BCUT2D eigenvalue weighted by molar-refractivity contribution is -0.147. The zero-order valence-electron chi connectivity index (χ0n) is 16.5. The Morgan fingerprint density at radius 3 is 2.81 bits per heavy atom. The van der Waals surface area contributed by atoms with Crippen LogP contribution < -0.4 is 10.9 Å². The summed E-state index contributed by atoms with van der Waals surface area (Å²) in [7, 11) is 0. The molecule has 2 aromatic carbocycles. The van der Waals surface area contributed by atoms with Crippen LogP contribution in [0.15, 0.2) is 59.9 Å². The Morgan fingerprint density at radius 2 is 2.00 bits per heavy atom. The number of hydrogen-bond acceptors (Lipinski definition) is 8. The zero-order valence-corrected chi connectivity index (χ0v) is 17.3. The predicted molar refractivity (Wildman–Crippen MR) is 114 cm³/mol. The number of carbonyl (C=O) groups is 2. The Balaban J connectivity index is 1.33. The van der Waals surface area contributed by atoms with Crippen molar-refractivity contribution in [2.24, 2.45) is 0 Å². The molecule has 2 heterocycles. The van der Waals surface area contributed by atoms with Crippen LogP contribution in [0.4, 0.5) is 5.69 Å². The van der Waals surface area contributed by atoms with E-state index in [1.54, 1.807) is 42.5 Å². The fourth-order valence-corrected chi connectivity index (χ4v) is 3.08. The average molecular weight is 454 g/mol. The van der Waals surface area contributed by atoms with Gasteiger partial charge in [-0.1, -0.05) is 28.9 Å². The molecule has 0 spiro atoms. The van der Waals surface area contributed by atoms with Gasteiger partial charge in [0.05, 0.1) is 29.7 Å². The number of ether oxygens (including phenoxy) is 1. The molecule has 12 heteroatoms. The van der Waals surface area contributed by atoms with Crippen LogP contribution in [0.2, 0.25) is 5.02 Å². The Labute approximate surface area is 185 Å². The van der Waals surface area contributed by atoms with Gasteiger partial charge in [-0.05, 0) is 30.3 Å². The van der Waals surface area contributed by atoms with E-state index in [-0.39, 0.29) is 18.5 Å². The van der Waals surface area contributed by atoms with Gasteiger partial charge in [-0.3, -0.25) is 14.4 Å². The SMILES string of the molecule is O=C(COC(=O)CCn1nnc2ccccc2c1=O)Nc1cc(Cl)ccc1-n1cncn1. The third-order valence-electron chi connectivity index (χ3n) is 4.42. The first-order valence-electron chi connectivity index (χ1n) is 9.44. The molecule has 0 aliphatic rings. The maximum Gasteiger partial charge on any atom is 0.308 e. The van der Waals surface area contributed by atoms with Crippen molar-refractivity contribution in [3.63, 3.8) is 0 Å². The first-order chi connectivity index (χ1) is 15.5. The van der Waals surface area contributed by atoms with Crippen molar-refractivity contribution in [1.82, 2.24) is 29.8 Å². The summed E-state index contributed by atoms with van der Waals surface area (Å²) in [6.45, 7) is -0.539. The van der Waals surface area contributed by atoms with Crippen LogP contribution in [0.25, 0.3) is 16.6 Å². The van der Waals surface area contributed by atoms with E-state index in [2.05, 4.69) is 25.7 Å². The molecule has 0 saturated carbocycles. The van der Waals surface area contributed by atoms with Gasteiger partial charge in [-0.2, -0.15) is 5.10 Å². The predicted octanol–water partition coefficient (Wildman–Crippen LogP) is 1.60. The second-order valence-electron chi connectivity index (χ2n) is 6.60. The summed E-state index contributed by atoms with van der Waals surface area (Å²) in [4.78, 5) is 40.6. The highest BCUT2D eigenvalue weighted by atomic mass is 35.5. The van der Waals surface area contributed by atoms with Crippen LogP contribution in [0.3, 0.4) is 0 Å². The number of carbonyl (C=O) groups excluding carboxylic acids is 2. The number of rotatable bonds is 7. The second kappa shape index (κ2) is 9.35.